The Balaban J connectivity index is 2.88. The number of unbranched alkanes of at least 4 members (excludes halogenated alkanes) is 1. The van der Waals surface area contributed by atoms with Gasteiger partial charge in [0.05, 0.1) is 6.61 Å². The molecule has 0 saturated carbocycles. The van der Waals surface area contributed by atoms with E-state index >= 15 is 0 Å². The SMILES string of the molecule is CCCCN(c1ccc(SC)cc1)[C@@H](C)C(=O)OCC. The highest BCUT2D eigenvalue weighted by atomic mass is 32.2. The Morgan fingerprint density at radius 2 is 1.95 bits per heavy atom. The third-order valence-corrected chi connectivity index (χ3v) is 4.00. The Morgan fingerprint density at radius 1 is 1.30 bits per heavy atom. The van der Waals surface area contributed by atoms with Gasteiger partial charge in [-0.2, -0.15) is 0 Å². The lowest BCUT2D eigenvalue weighted by Gasteiger charge is -2.30. The van der Waals surface area contributed by atoms with Crippen molar-refractivity contribution in [1.82, 2.24) is 0 Å². The molecule has 0 bridgehead atoms. The van der Waals surface area contributed by atoms with Crippen LogP contribution in [-0.4, -0.2) is 31.4 Å². The van der Waals surface area contributed by atoms with Crippen LogP contribution in [0.15, 0.2) is 29.2 Å². The van der Waals surface area contributed by atoms with Crippen LogP contribution in [0.5, 0.6) is 0 Å². The molecule has 112 valence electrons. The number of anilines is 1. The molecule has 4 heteroatoms. The van der Waals surface area contributed by atoms with Gasteiger partial charge in [0, 0.05) is 17.1 Å². The molecule has 1 rings (SSSR count). The van der Waals surface area contributed by atoms with Crippen molar-refractivity contribution >= 4 is 23.4 Å². The zero-order chi connectivity index (χ0) is 15.0. The molecule has 0 N–H and O–H groups in total. The second kappa shape index (κ2) is 8.90. The summed E-state index contributed by atoms with van der Waals surface area (Å²) in [5, 5.41) is 0. The number of nitrogens with zero attached hydrogens (tertiary/aromatic N) is 1. The summed E-state index contributed by atoms with van der Waals surface area (Å²) >= 11 is 1.72. The number of benzene rings is 1. The van der Waals surface area contributed by atoms with Crippen LogP contribution < -0.4 is 4.90 Å². The molecule has 0 radical (unpaired) electrons. The largest absolute Gasteiger partial charge is 0.464 e. The molecule has 0 unspecified atom stereocenters. The highest BCUT2D eigenvalue weighted by molar-refractivity contribution is 7.98. The zero-order valence-electron chi connectivity index (χ0n) is 12.9. The fourth-order valence-electron chi connectivity index (χ4n) is 2.04. The van der Waals surface area contributed by atoms with Crippen LogP contribution in [-0.2, 0) is 9.53 Å². The van der Waals surface area contributed by atoms with Gasteiger partial charge >= 0.3 is 5.97 Å². The predicted molar refractivity (Wildman–Crippen MR) is 86.6 cm³/mol. The summed E-state index contributed by atoms with van der Waals surface area (Å²) in [6.45, 7) is 7.21. The number of ether oxygens (including phenoxy) is 1. The Labute approximate surface area is 126 Å². The smallest absolute Gasteiger partial charge is 0.328 e. The van der Waals surface area contributed by atoms with Crippen molar-refractivity contribution < 1.29 is 9.53 Å². The minimum Gasteiger partial charge on any atom is -0.464 e. The fraction of sp³-hybridized carbons (Fsp3) is 0.562. The van der Waals surface area contributed by atoms with Crippen molar-refractivity contribution in [3.63, 3.8) is 0 Å². The second-order valence-electron chi connectivity index (χ2n) is 4.67. The molecule has 0 amide bonds. The number of thioether (sulfide) groups is 1. The summed E-state index contributed by atoms with van der Waals surface area (Å²) in [5.41, 5.74) is 1.08. The molecule has 1 atom stereocenters. The van der Waals surface area contributed by atoms with E-state index in [2.05, 4.69) is 42.3 Å². The van der Waals surface area contributed by atoms with Crippen molar-refractivity contribution in [2.45, 2.75) is 44.6 Å². The van der Waals surface area contributed by atoms with Crippen LogP contribution in [0.2, 0.25) is 0 Å². The van der Waals surface area contributed by atoms with Crippen molar-refractivity contribution in [2.24, 2.45) is 0 Å². The number of carbonyl (C=O) groups is 1. The fourth-order valence-corrected chi connectivity index (χ4v) is 2.45. The minimum absolute atomic E-state index is 0.155. The maximum Gasteiger partial charge on any atom is 0.328 e. The molecule has 1 aromatic carbocycles. The summed E-state index contributed by atoms with van der Waals surface area (Å²) in [7, 11) is 0. The Hall–Kier alpha value is -1.16. The average Bonchev–Trinajstić information content (AvgIpc) is 2.48. The maximum atomic E-state index is 12.0. The quantitative estimate of drug-likeness (QED) is 0.536. The van der Waals surface area contributed by atoms with Gasteiger partial charge in [-0.3, -0.25) is 0 Å². The van der Waals surface area contributed by atoms with Crippen LogP contribution >= 0.6 is 11.8 Å². The first-order valence-electron chi connectivity index (χ1n) is 7.21. The van der Waals surface area contributed by atoms with Crippen LogP contribution in [0.3, 0.4) is 0 Å². The van der Waals surface area contributed by atoms with Gasteiger partial charge in [-0.25, -0.2) is 4.79 Å². The van der Waals surface area contributed by atoms with Crippen LogP contribution in [0.4, 0.5) is 5.69 Å². The van der Waals surface area contributed by atoms with E-state index in [1.54, 1.807) is 11.8 Å². The van der Waals surface area contributed by atoms with Crippen LogP contribution in [0.25, 0.3) is 0 Å². The van der Waals surface area contributed by atoms with Gasteiger partial charge in [-0.1, -0.05) is 13.3 Å². The Morgan fingerprint density at radius 3 is 2.45 bits per heavy atom. The first kappa shape index (κ1) is 16.9. The van der Waals surface area contributed by atoms with Gasteiger partial charge in [0.1, 0.15) is 6.04 Å². The van der Waals surface area contributed by atoms with E-state index in [-0.39, 0.29) is 12.0 Å². The van der Waals surface area contributed by atoms with E-state index < -0.39 is 0 Å². The monoisotopic (exact) mass is 295 g/mol. The van der Waals surface area contributed by atoms with Gasteiger partial charge in [-0.05, 0) is 50.8 Å². The van der Waals surface area contributed by atoms with E-state index in [4.69, 9.17) is 4.74 Å². The molecular weight excluding hydrogens is 270 g/mol. The van der Waals surface area contributed by atoms with Gasteiger partial charge in [0.25, 0.3) is 0 Å². The number of rotatable bonds is 8. The molecule has 1 aromatic rings. The third-order valence-electron chi connectivity index (χ3n) is 3.25. The maximum absolute atomic E-state index is 12.0. The molecule has 0 spiro atoms. The summed E-state index contributed by atoms with van der Waals surface area (Å²) in [6, 6.07) is 8.10. The molecule has 0 fully saturated rings. The van der Waals surface area contributed by atoms with Crippen molar-refractivity contribution in [2.75, 3.05) is 24.3 Å². The molecule has 0 heterocycles. The van der Waals surface area contributed by atoms with Crippen LogP contribution in [0, 0.1) is 0 Å². The molecule has 0 aromatic heterocycles. The summed E-state index contributed by atoms with van der Waals surface area (Å²) in [6.07, 6.45) is 4.23. The van der Waals surface area contributed by atoms with Gasteiger partial charge in [0.2, 0.25) is 0 Å². The normalized spacial score (nSPS) is 12.0. The van der Waals surface area contributed by atoms with E-state index in [1.165, 1.54) is 4.90 Å². The predicted octanol–water partition coefficient (Wildman–Crippen LogP) is 3.97. The number of hydrogen-bond acceptors (Lipinski definition) is 4. The summed E-state index contributed by atoms with van der Waals surface area (Å²) < 4.78 is 5.15. The summed E-state index contributed by atoms with van der Waals surface area (Å²) in [5.74, 6) is -0.155. The van der Waals surface area contributed by atoms with E-state index in [9.17, 15) is 4.79 Å². The van der Waals surface area contributed by atoms with Gasteiger partial charge in [-0.15, -0.1) is 11.8 Å². The standard InChI is InChI=1S/C16H25NO2S/c1-5-7-12-17(13(3)16(18)19-6-2)14-8-10-15(20-4)11-9-14/h8-11,13H,5-7,12H2,1-4H3/t13-/m0/s1. The molecule has 0 aliphatic carbocycles. The third kappa shape index (κ3) is 4.75. The van der Waals surface area contributed by atoms with E-state index in [0.717, 1.165) is 25.1 Å². The van der Waals surface area contributed by atoms with Crippen molar-refractivity contribution in [1.29, 1.82) is 0 Å². The zero-order valence-corrected chi connectivity index (χ0v) is 13.7. The highest BCUT2D eigenvalue weighted by Crippen LogP contribution is 2.23. The van der Waals surface area contributed by atoms with E-state index in [0.29, 0.717) is 6.61 Å². The van der Waals surface area contributed by atoms with Gasteiger partial charge in [0.15, 0.2) is 0 Å². The molecule has 0 aliphatic heterocycles. The molecule has 20 heavy (non-hydrogen) atoms. The summed E-state index contributed by atoms with van der Waals surface area (Å²) in [4.78, 5) is 15.3. The van der Waals surface area contributed by atoms with Crippen molar-refractivity contribution in [3.8, 4) is 0 Å². The number of carbonyl (C=O) groups excluding carboxylic acids is 1. The highest BCUT2D eigenvalue weighted by Gasteiger charge is 2.22. The Bertz CT molecular complexity index is 405. The van der Waals surface area contributed by atoms with Crippen molar-refractivity contribution in [3.05, 3.63) is 24.3 Å². The number of esters is 1. The Kier molecular flexibility index (Phi) is 7.52. The minimum atomic E-state index is -0.248. The number of hydrogen-bond donors (Lipinski definition) is 0. The lowest BCUT2D eigenvalue weighted by Crippen LogP contribution is -2.40. The lowest BCUT2D eigenvalue weighted by molar-refractivity contribution is -0.144. The van der Waals surface area contributed by atoms with Gasteiger partial charge < -0.3 is 9.64 Å². The molecular formula is C16H25NO2S. The van der Waals surface area contributed by atoms with Crippen LogP contribution in [0.1, 0.15) is 33.6 Å². The average molecular weight is 295 g/mol. The topological polar surface area (TPSA) is 29.5 Å². The molecule has 0 saturated heterocycles. The lowest BCUT2D eigenvalue weighted by atomic mass is 10.2. The second-order valence-corrected chi connectivity index (χ2v) is 5.55. The van der Waals surface area contributed by atoms with E-state index in [1.807, 2.05) is 13.8 Å². The molecule has 0 aliphatic rings. The first-order valence-corrected chi connectivity index (χ1v) is 8.43. The molecule has 3 nitrogen and oxygen atoms in total. The first-order chi connectivity index (χ1) is 9.63.